The first kappa shape index (κ1) is 14.9. The molecule has 0 aromatic rings. The number of carboxylic acids is 1. The number of carbonyl (C=O) groups is 2. The third kappa shape index (κ3) is 5.11. The van der Waals surface area contributed by atoms with E-state index in [0.717, 1.165) is 0 Å². The highest BCUT2D eigenvalue weighted by atomic mass is 16.4. The summed E-state index contributed by atoms with van der Waals surface area (Å²) in [7, 11) is 0. The van der Waals surface area contributed by atoms with Crippen molar-refractivity contribution in [3.8, 4) is 0 Å². The fourth-order valence-corrected chi connectivity index (χ4v) is 1.44. The van der Waals surface area contributed by atoms with Crippen LogP contribution in [0.3, 0.4) is 0 Å². The average molecular weight is 230 g/mol. The molecule has 2 atom stereocenters. The molecule has 0 aliphatic carbocycles. The fourth-order valence-electron chi connectivity index (χ4n) is 1.44. The van der Waals surface area contributed by atoms with E-state index < -0.39 is 12.0 Å². The second-order valence-corrected chi connectivity index (χ2v) is 4.37. The average Bonchev–Trinajstić information content (AvgIpc) is 2.17. The Morgan fingerprint density at radius 1 is 1.38 bits per heavy atom. The van der Waals surface area contributed by atoms with Crippen LogP contribution >= 0.6 is 0 Å². The SMILES string of the molecule is CCC(CN)C(=O)NC(CC(C)C)C(=O)O. The largest absolute Gasteiger partial charge is 0.480 e. The van der Waals surface area contributed by atoms with E-state index in [-0.39, 0.29) is 24.3 Å². The minimum Gasteiger partial charge on any atom is -0.480 e. The predicted molar refractivity (Wildman–Crippen MR) is 61.9 cm³/mol. The van der Waals surface area contributed by atoms with Crippen LogP contribution in [0.15, 0.2) is 0 Å². The van der Waals surface area contributed by atoms with Gasteiger partial charge in [0.2, 0.25) is 5.91 Å². The van der Waals surface area contributed by atoms with Crippen molar-refractivity contribution in [1.82, 2.24) is 5.32 Å². The molecule has 0 aliphatic heterocycles. The molecule has 0 saturated carbocycles. The topological polar surface area (TPSA) is 92.4 Å². The number of amides is 1. The molecule has 0 fully saturated rings. The van der Waals surface area contributed by atoms with E-state index in [2.05, 4.69) is 5.32 Å². The lowest BCUT2D eigenvalue weighted by molar-refractivity contribution is -0.142. The molecule has 1 amide bonds. The van der Waals surface area contributed by atoms with E-state index in [1.165, 1.54) is 0 Å². The lowest BCUT2D eigenvalue weighted by Gasteiger charge is -2.19. The van der Waals surface area contributed by atoms with Gasteiger partial charge in [0.05, 0.1) is 0 Å². The Bertz CT molecular complexity index is 237. The van der Waals surface area contributed by atoms with Gasteiger partial charge in [0.1, 0.15) is 6.04 Å². The minimum atomic E-state index is -0.992. The van der Waals surface area contributed by atoms with Crippen LogP contribution in [-0.2, 0) is 9.59 Å². The summed E-state index contributed by atoms with van der Waals surface area (Å²) in [5, 5.41) is 11.5. The van der Waals surface area contributed by atoms with Crippen molar-refractivity contribution in [2.24, 2.45) is 17.6 Å². The number of nitrogens with one attached hydrogen (secondary N) is 1. The second kappa shape index (κ2) is 7.22. The van der Waals surface area contributed by atoms with Crippen LogP contribution in [-0.4, -0.2) is 29.6 Å². The Labute approximate surface area is 96.4 Å². The Morgan fingerprint density at radius 3 is 2.25 bits per heavy atom. The Kier molecular flexibility index (Phi) is 6.72. The Morgan fingerprint density at radius 2 is 1.94 bits per heavy atom. The van der Waals surface area contributed by atoms with Gasteiger partial charge in [-0.3, -0.25) is 4.79 Å². The van der Waals surface area contributed by atoms with Crippen LogP contribution in [0.2, 0.25) is 0 Å². The Balaban J connectivity index is 4.39. The van der Waals surface area contributed by atoms with Gasteiger partial charge in [-0.2, -0.15) is 0 Å². The molecule has 0 spiro atoms. The first-order chi connectivity index (χ1) is 7.42. The van der Waals surface area contributed by atoms with Gasteiger partial charge >= 0.3 is 5.97 Å². The van der Waals surface area contributed by atoms with Crippen molar-refractivity contribution in [2.75, 3.05) is 6.54 Å². The number of hydrogen-bond donors (Lipinski definition) is 3. The molecule has 0 heterocycles. The highest BCUT2D eigenvalue weighted by Gasteiger charge is 2.24. The molecule has 5 heteroatoms. The zero-order valence-corrected chi connectivity index (χ0v) is 10.2. The molecule has 0 rings (SSSR count). The maximum Gasteiger partial charge on any atom is 0.326 e. The summed E-state index contributed by atoms with van der Waals surface area (Å²) in [5.74, 6) is -1.33. The maximum absolute atomic E-state index is 11.6. The summed E-state index contributed by atoms with van der Waals surface area (Å²) in [6.07, 6.45) is 1.05. The lowest BCUT2D eigenvalue weighted by atomic mass is 10.0. The van der Waals surface area contributed by atoms with E-state index in [1.54, 1.807) is 0 Å². The molecule has 0 aromatic carbocycles. The summed E-state index contributed by atoms with van der Waals surface area (Å²) in [4.78, 5) is 22.6. The van der Waals surface area contributed by atoms with E-state index >= 15 is 0 Å². The normalized spacial score (nSPS) is 14.6. The summed E-state index contributed by atoms with van der Waals surface area (Å²) < 4.78 is 0. The maximum atomic E-state index is 11.6. The van der Waals surface area contributed by atoms with Crippen LogP contribution in [0.1, 0.15) is 33.6 Å². The minimum absolute atomic E-state index is 0.222. The van der Waals surface area contributed by atoms with Gasteiger partial charge in [0, 0.05) is 12.5 Å². The van der Waals surface area contributed by atoms with Crippen molar-refractivity contribution in [3.05, 3.63) is 0 Å². The molecule has 94 valence electrons. The molecule has 16 heavy (non-hydrogen) atoms. The predicted octanol–water partition coefficient (Wildman–Crippen LogP) is 0.587. The number of nitrogens with two attached hydrogens (primary N) is 1. The summed E-state index contributed by atoms with van der Waals surface area (Å²) in [5.41, 5.74) is 5.43. The fraction of sp³-hybridized carbons (Fsp3) is 0.818. The summed E-state index contributed by atoms with van der Waals surface area (Å²) in [6, 6.07) is -0.812. The smallest absolute Gasteiger partial charge is 0.326 e. The van der Waals surface area contributed by atoms with Gasteiger partial charge in [-0.15, -0.1) is 0 Å². The van der Waals surface area contributed by atoms with Crippen molar-refractivity contribution in [1.29, 1.82) is 0 Å². The van der Waals surface area contributed by atoms with Gasteiger partial charge in [0.15, 0.2) is 0 Å². The third-order valence-electron chi connectivity index (χ3n) is 2.47. The number of carboxylic acid groups (broad SMARTS) is 1. The number of aliphatic carboxylic acids is 1. The highest BCUT2D eigenvalue weighted by Crippen LogP contribution is 2.07. The van der Waals surface area contributed by atoms with E-state index in [1.807, 2.05) is 20.8 Å². The van der Waals surface area contributed by atoms with Crippen molar-refractivity contribution in [2.45, 2.75) is 39.7 Å². The number of hydrogen-bond acceptors (Lipinski definition) is 3. The number of rotatable bonds is 7. The van der Waals surface area contributed by atoms with Crippen LogP contribution < -0.4 is 11.1 Å². The monoisotopic (exact) mass is 230 g/mol. The van der Waals surface area contributed by atoms with Gasteiger partial charge in [0.25, 0.3) is 0 Å². The van der Waals surface area contributed by atoms with Crippen molar-refractivity contribution in [3.63, 3.8) is 0 Å². The number of carbonyl (C=O) groups excluding carboxylic acids is 1. The molecular weight excluding hydrogens is 208 g/mol. The van der Waals surface area contributed by atoms with Gasteiger partial charge in [-0.1, -0.05) is 20.8 Å². The van der Waals surface area contributed by atoms with E-state index in [9.17, 15) is 9.59 Å². The molecule has 0 radical (unpaired) electrons. The molecule has 2 unspecified atom stereocenters. The highest BCUT2D eigenvalue weighted by molar-refractivity contribution is 5.85. The van der Waals surface area contributed by atoms with Gasteiger partial charge in [-0.25, -0.2) is 4.79 Å². The third-order valence-corrected chi connectivity index (χ3v) is 2.47. The standard InChI is InChI=1S/C11H22N2O3/c1-4-8(6-12)10(14)13-9(11(15)16)5-7(2)3/h7-9H,4-6,12H2,1-3H3,(H,13,14)(H,15,16). The Hall–Kier alpha value is -1.10. The molecule has 4 N–H and O–H groups in total. The summed E-state index contributed by atoms with van der Waals surface area (Å²) >= 11 is 0. The molecule has 0 saturated heterocycles. The molecule has 5 nitrogen and oxygen atoms in total. The zero-order chi connectivity index (χ0) is 12.7. The molecular formula is C11H22N2O3. The van der Waals surface area contributed by atoms with Crippen LogP contribution in [0.5, 0.6) is 0 Å². The van der Waals surface area contributed by atoms with Crippen molar-refractivity contribution >= 4 is 11.9 Å². The first-order valence-corrected chi connectivity index (χ1v) is 5.65. The summed E-state index contributed by atoms with van der Waals surface area (Å²) in [6.45, 7) is 5.94. The van der Waals surface area contributed by atoms with E-state index in [4.69, 9.17) is 10.8 Å². The molecule has 0 bridgehead atoms. The lowest BCUT2D eigenvalue weighted by Crippen LogP contribution is -2.45. The first-order valence-electron chi connectivity index (χ1n) is 5.65. The van der Waals surface area contributed by atoms with Crippen LogP contribution in [0, 0.1) is 11.8 Å². The molecule has 0 aromatic heterocycles. The quantitative estimate of drug-likeness (QED) is 0.596. The second-order valence-electron chi connectivity index (χ2n) is 4.37. The molecule has 0 aliphatic rings. The van der Waals surface area contributed by atoms with Crippen LogP contribution in [0.4, 0.5) is 0 Å². The van der Waals surface area contributed by atoms with Crippen molar-refractivity contribution < 1.29 is 14.7 Å². The van der Waals surface area contributed by atoms with Crippen LogP contribution in [0.25, 0.3) is 0 Å². The van der Waals surface area contributed by atoms with Gasteiger partial charge in [-0.05, 0) is 18.8 Å². The van der Waals surface area contributed by atoms with E-state index in [0.29, 0.717) is 12.8 Å². The van der Waals surface area contributed by atoms with Gasteiger partial charge < -0.3 is 16.2 Å². The zero-order valence-electron chi connectivity index (χ0n) is 10.2.